The van der Waals surface area contributed by atoms with E-state index in [1.54, 1.807) is 12.1 Å². The third-order valence-electron chi connectivity index (χ3n) is 3.53. The van der Waals surface area contributed by atoms with Gasteiger partial charge in [-0.25, -0.2) is 0 Å². The van der Waals surface area contributed by atoms with Crippen LogP contribution in [0.15, 0.2) is 42.5 Å². The fourth-order valence-electron chi connectivity index (χ4n) is 2.52. The summed E-state index contributed by atoms with van der Waals surface area (Å²) >= 11 is 17.6. The normalized spacial score (nSPS) is 13.7. The Hall–Kier alpha value is -1.29. The molecule has 1 aliphatic rings. The van der Waals surface area contributed by atoms with Crippen LogP contribution in [0.5, 0.6) is 0 Å². The van der Waals surface area contributed by atoms with Gasteiger partial charge in [0.2, 0.25) is 0 Å². The van der Waals surface area contributed by atoms with Gasteiger partial charge in [-0.3, -0.25) is 0 Å². The SMILES string of the molecule is S=C(Nc1ccc(Cl)cc1Cl)N1CCCc2ccccc21. The number of para-hydroxylation sites is 1. The first-order valence-corrected chi connectivity index (χ1v) is 7.93. The maximum Gasteiger partial charge on any atom is 0.177 e. The van der Waals surface area contributed by atoms with Gasteiger partial charge in [0.1, 0.15) is 0 Å². The minimum Gasteiger partial charge on any atom is -0.331 e. The second kappa shape index (κ2) is 6.22. The van der Waals surface area contributed by atoms with Gasteiger partial charge in [-0.05, 0) is 54.9 Å². The lowest BCUT2D eigenvalue weighted by atomic mass is 10.0. The summed E-state index contributed by atoms with van der Waals surface area (Å²) in [6.45, 7) is 0.911. The fourth-order valence-corrected chi connectivity index (χ4v) is 3.27. The molecular formula is C16H14Cl2N2S. The van der Waals surface area contributed by atoms with Crippen LogP contribution in [0.1, 0.15) is 12.0 Å². The molecule has 0 aromatic heterocycles. The van der Waals surface area contributed by atoms with Crippen LogP contribution in [0.3, 0.4) is 0 Å². The van der Waals surface area contributed by atoms with Gasteiger partial charge < -0.3 is 10.2 Å². The molecule has 2 aromatic carbocycles. The summed E-state index contributed by atoms with van der Waals surface area (Å²) in [4.78, 5) is 2.12. The smallest absolute Gasteiger partial charge is 0.177 e. The zero-order valence-corrected chi connectivity index (χ0v) is 13.6. The lowest BCUT2D eigenvalue weighted by Gasteiger charge is -2.31. The van der Waals surface area contributed by atoms with Gasteiger partial charge in [0.25, 0.3) is 0 Å². The van der Waals surface area contributed by atoms with Gasteiger partial charge >= 0.3 is 0 Å². The molecule has 3 rings (SSSR count). The molecular weight excluding hydrogens is 323 g/mol. The number of anilines is 2. The standard InChI is InChI=1S/C16H14Cl2N2S/c17-12-7-8-14(13(18)10-12)19-16(21)20-9-3-5-11-4-1-2-6-15(11)20/h1-2,4,6-8,10H,3,5,9H2,(H,19,21). The number of halogens is 2. The van der Waals surface area contributed by atoms with Crippen LogP contribution in [0.4, 0.5) is 11.4 Å². The molecule has 0 amide bonds. The summed E-state index contributed by atoms with van der Waals surface area (Å²) in [5, 5.41) is 5.05. The number of rotatable bonds is 1. The molecule has 0 aliphatic carbocycles. The average molecular weight is 337 g/mol. The number of nitrogens with zero attached hydrogens (tertiary/aromatic N) is 1. The van der Waals surface area contributed by atoms with Gasteiger partial charge in [0.05, 0.1) is 10.7 Å². The molecule has 0 saturated carbocycles. The molecule has 0 saturated heterocycles. The third kappa shape index (κ3) is 3.15. The van der Waals surface area contributed by atoms with Crippen molar-refractivity contribution in [3.05, 3.63) is 58.1 Å². The lowest BCUT2D eigenvalue weighted by molar-refractivity contribution is 0.781. The Morgan fingerprint density at radius 1 is 1.14 bits per heavy atom. The van der Waals surface area contributed by atoms with E-state index in [0.29, 0.717) is 15.2 Å². The predicted molar refractivity (Wildman–Crippen MR) is 94.8 cm³/mol. The first kappa shape index (κ1) is 14.6. The van der Waals surface area contributed by atoms with E-state index < -0.39 is 0 Å². The zero-order chi connectivity index (χ0) is 14.8. The Kier molecular flexibility index (Phi) is 4.34. The quantitative estimate of drug-likeness (QED) is 0.725. The molecule has 2 nitrogen and oxygen atoms in total. The van der Waals surface area contributed by atoms with Crippen LogP contribution >= 0.6 is 35.4 Å². The Bertz CT molecular complexity index is 688. The van der Waals surface area contributed by atoms with Crippen molar-refractivity contribution in [2.75, 3.05) is 16.8 Å². The minimum atomic E-state index is 0.565. The van der Waals surface area contributed by atoms with E-state index in [1.165, 1.54) is 11.3 Å². The van der Waals surface area contributed by atoms with E-state index in [-0.39, 0.29) is 0 Å². The molecule has 1 aliphatic heterocycles. The van der Waals surface area contributed by atoms with Crippen LogP contribution in [-0.4, -0.2) is 11.7 Å². The van der Waals surface area contributed by atoms with E-state index in [1.807, 2.05) is 12.1 Å². The van der Waals surface area contributed by atoms with Gasteiger partial charge in [-0.2, -0.15) is 0 Å². The predicted octanol–water partition coefficient (Wildman–Crippen LogP) is 5.14. The van der Waals surface area contributed by atoms with Gasteiger partial charge in [0, 0.05) is 17.3 Å². The van der Waals surface area contributed by atoms with Gasteiger partial charge in [0.15, 0.2) is 5.11 Å². The Morgan fingerprint density at radius 3 is 2.76 bits per heavy atom. The molecule has 5 heteroatoms. The van der Waals surface area contributed by atoms with Gasteiger partial charge in [-0.15, -0.1) is 0 Å². The van der Waals surface area contributed by atoms with Crippen LogP contribution in [0, 0.1) is 0 Å². The van der Waals surface area contributed by atoms with Crippen LogP contribution in [-0.2, 0) is 6.42 Å². The van der Waals surface area contributed by atoms with Crippen molar-refractivity contribution in [2.45, 2.75) is 12.8 Å². The van der Waals surface area contributed by atoms with Crippen LogP contribution in [0.2, 0.25) is 10.0 Å². The number of nitrogens with one attached hydrogen (secondary N) is 1. The second-order valence-electron chi connectivity index (χ2n) is 4.94. The Balaban J connectivity index is 1.83. The molecule has 0 radical (unpaired) electrons. The zero-order valence-electron chi connectivity index (χ0n) is 11.3. The molecule has 108 valence electrons. The number of benzene rings is 2. The van der Waals surface area contributed by atoms with Crippen molar-refractivity contribution in [3.8, 4) is 0 Å². The summed E-state index contributed by atoms with van der Waals surface area (Å²) in [6, 6.07) is 13.7. The van der Waals surface area contributed by atoms with Crippen molar-refractivity contribution in [1.82, 2.24) is 0 Å². The number of fused-ring (bicyclic) bond motifs is 1. The number of thiocarbonyl (C=S) groups is 1. The maximum atomic E-state index is 6.19. The molecule has 1 heterocycles. The highest BCUT2D eigenvalue weighted by atomic mass is 35.5. The average Bonchev–Trinajstić information content (AvgIpc) is 2.49. The molecule has 0 atom stereocenters. The van der Waals surface area contributed by atoms with Crippen LogP contribution in [0.25, 0.3) is 0 Å². The van der Waals surface area contributed by atoms with Crippen molar-refractivity contribution in [2.24, 2.45) is 0 Å². The van der Waals surface area contributed by atoms with Crippen LogP contribution < -0.4 is 10.2 Å². The van der Waals surface area contributed by atoms with E-state index in [4.69, 9.17) is 35.4 Å². The minimum absolute atomic E-state index is 0.565. The summed E-state index contributed by atoms with van der Waals surface area (Å²) in [7, 11) is 0. The summed E-state index contributed by atoms with van der Waals surface area (Å²) < 4.78 is 0. The Morgan fingerprint density at radius 2 is 1.95 bits per heavy atom. The first-order valence-electron chi connectivity index (χ1n) is 6.76. The molecule has 21 heavy (non-hydrogen) atoms. The first-order chi connectivity index (χ1) is 10.1. The van der Waals surface area contributed by atoms with E-state index in [0.717, 1.165) is 25.1 Å². The molecule has 0 unspecified atom stereocenters. The summed E-state index contributed by atoms with van der Waals surface area (Å²) in [5.41, 5.74) is 3.27. The Labute approximate surface area is 139 Å². The molecule has 0 spiro atoms. The van der Waals surface area contributed by atoms with Gasteiger partial charge in [-0.1, -0.05) is 41.4 Å². The number of hydrogen-bond donors (Lipinski definition) is 1. The van der Waals surface area contributed by atoms with E-state index in [9.17, 15) is 0 Å². The molecule has 2 aromatic rings. The van der Waals surface area contributed by atoms with Crippen molar-refractivity contribution in [1.29, 1.82) is 0 Å². The highest BCUT2D eigenvalue weighted by molar-refractivity contribution is 7.80. The molecule has 0 fully saturated rings. The summed E-state index contributed by atoms with van der Waals surface area (Å²) in [5.74, 6) is 0. The number of hydrogen-bond acceptors (Lipinski definition) is 1. The molecule has 0 bridgehead atoms. The van der Waals surface area contributed by atoms with Crippen molar-refractivity contribution in [3.63, 3.8) is 0 Å². The monoisotopic (exact) mass is 336 g/mol. The van der Waals surface area contributed by atoms with E-state index in [2.05, 4.69) is 28.4 Å². The maximum absolute atomic E-state index is 6.19. The largest absolute Gasteiger partial charge is 0.331 e. The summed E-state index contributed by atoms with van der Waals surface area (Å²) in [6.07, 6.45) is 2.18. The highest BCUT2D eigenvalue weighted by Crippen LogP contribution is 2.29. The van der Waals surface area contributed by atoms with Crippen molar-refractivity contribution < 1.29 is 0 Å². The molecule has 1 N–H and O–H groups in total. The number of aryl methyl sites for hydroxylation is 1. The fraction of sp³-hybridized carbons (Fsp3) is 0.188. The second-order valence-corrected chi connectivity index (χ2v) is 6.17. The van der Waals surface area contributed by atoms with Crippen molar-refractivity contribution >= 4 is 51.9 Å². The third-order valence-corrected chi connectivity index (χ3v) is 4.40. The lowest BCUT2D eigenvalue weighted by Crippen LogP contribution is -2.38. The highest BCUT2D eigenvalue weighted by Gasteiger charge is 2.20. The topological polar surface area (TPSA) is 15.3 Å². The van der Waals surface area contributed by atoms with E-state index >= 15 is 0 Å².